The third-order valence-corrected chi connectivity index (χ3v) is 3.28. The quantitative estimate of drug-likeness (QED) is 0.299. The number of rotatable bonds is 3. The number of esters is 1. The van der Waals surface area contributed by atoms with E-state index in [9.17, 15) is 19.7 Å². The second kappa shape index (κ2) is 6.74. The molecule has 0 atom stereocenters. The number of nitrogens with zero attached hydrogens (tertiary/aromatic N) is 1. The van der Waals surface area contributed by atoms with Crippen molar-refractivity contribution in [3.8, 4) is 0 Å². The Hall–Kier alpha value is -1.57. The molecule has 1 N–H and O–H groups in total. The normalized spacial score (nSPS) is 10.0. The monoisotopic (exact) mass is 340 g/mol. The van der Waals surface area contributed by atoms with Crippen LogP contribution in [0.3, 0.4) is 0 Å². The van der Waals surface area contributed by atoms with E-state index >= 15 is 0 Å². The van der Waals surface area contributed by atoms with Crippen molar-refractivity contribution in [2.75, 3.05) is 11.9 Å². The largest absolute Gasteiger partial charge is 0.459 e. The molecule has 0 fully saturated rings. The van der Waals surface area contributed by atoms with Crippen LogP contribution < -0.4 is 5.32 Å². The van der Waals surface area contributed by atoms with Crippen molar-refractivity contribution in [2.24, 2.45) is 0 Å². The minimum Gasteiger partial charge on any atom is -0.459 e. The van der Waals surface area contributed by atoms with E-state index in [0.29, 0.717) is 0 Å². The molecule has 0 aliphatic heterocycles. The summed E-state index contributed by atoms with van der Waals surface area (Å²) in [6.45, 7) is 1.49. The fourth-order valence-electron chi connectivity index (χ4n) is 1.23. The van der Waals surface area contributed by atoms with Crippen LogP contribution in [0, 0.1) is 10.1 Å². The van der Waals surface area contributed by atoms with Gasteiger partial charge in [0.25, 0.3) is 0 Å². The van der Waals surface area contributed by atoms with Crippen LogP contribution in [0.25, 0.3) is 0 Å². The molecule has 1 aromatic rings. The van der Waals surface area contributed by atoms with Crippen molar-refractivity contribution < 1.29 is 19.2 Å². The minimum atomic E-state index is -1.19. The lowest BCUT2D eigenvalue weighted by Crippen LogP contribution is -2.25. The van der Waals surface area contributed by atoms with E-state index in [1.54, 1.807) is 0 Å². The zero-order chi connectivity index (χ0) is 15.4. The Balaban J connectivity index is 3.21. The number of nitrogens with one attached hydrogen (secondary N) is 1. The van der Waals surface area contributed by atoms with Gasteiger partial charge in [0.15, 0.2) is 0 Å². The lowest BCUT2D eigenvalue weighted by Gasteiger charge is -2.08. The molecule has 1 rings (SSSR count). The summed E-state index contributed by atoms with van der Waals surface area (Å²) >= 11 is 17.1. The van der Waals surface area contributed by atoms with Crippen LogP contribution >= 0.6 is 34.8 Å². The van der Waals surface area contributed by atoms with Gasteiger partial charge in [0.05, 0.1) is 21.6 Å². The highest BCUT2D eigenvalue weighted by molar-refractivity contribution is 6.49. The van der Waals surface area contributed by atoms with Crippen molar-refractivity contribution in [1.29, 1.82) is 0 Å². The molecule has 0 unspecified atom stereocenters. The molecular formula is C10H7Cl3N2O5. The van der Waals surface area contributed by atoms with Crippen molar-refractivity contribution in [1.82, 2.24) is 0 Å². The van der Waals surface area contributed by atoms with Crippen LogP contribution in [0.4, 0.5) is 11.4 Å². The van der Waals surface area contributed by atoms with Gasteiger partial charge < -0.3 is 10.1 Å². The molecule has 0 radical (unpaired) electrons. The number of nitro benzene ring substituents is 1. The predicted octanol–water partition coefficient (Wildman–Crippen LogP) is 3.06. The summed E-state index contributed by atoms with van der Waals surface area (Å²) in [6, 6.07) is 1.02. The second-order valence-electron chi connectivity index (χ2n) is 3.31. The number of hydrogen-bond donors (Lipinski definition) is 1. The number of carbonyl (C=O) groups excluding carboxylic acids is 2. The number of carbonyl (C=O) groups is 2. The molecule has 0 bridgehead atoms. The van der Waals surface area contributed by atoms with Gasteiger partial charge in [-0.05, 0) is 13.0 Å². The summed E-state index contributed by atoms with van der Waals surface area (Å²) in [5.41, 5.74) is -1.02. The molecule has 108 valence electrons. The Morgan fingerprint density at radius 3 is 2.45 bits per heavy atom. The molecule has 20 heavy (non-hydrogen) atoms. The summed E-state index contributed by atoms with van der Waals surface area (Å²) in [5.74, 6) is -2.38. The number of halogens is 3. The number of ether oxygens (including phenoxy) is 1. The van der Waals surface area contributed by atoms with Gasteiger partial charge in [-0.1, -0.05) is 34.8 Å². The zero-order valence-corrected chi connectivity index (χ0v) is 12.2. The van der Waals surface area contributed by atoms with Crippen molar-refractivity contribution in [3.05, 3.63) is 31.2 Å². The minimum absolute atomic E-state index is 0.0174. The number of anilines is 1. The molecule has 0 heterocycles. The van der Waals surface area contributed by atoms with E-state index in [2.05, 4.69) is 4.74 Å². The van der Waals surface area contributed by atoms with Crippen LogP contribution in [0.5, 0.6) is 0 Å². The Bertz CT molecular complexity index is 591. The van der Waals surface area contributed by atoms with Crippen LogP contribution in [-0.4, -0.2) is 23.4 Å². The summed E-state index contributed by atoms with van der Waals surface area (Å²) in [6.07, 6.45) is 0. The third-order valence-electron chi connectivity index (χ3n) is 2.03. The molecule has 10 heteroatoms. The first-order valence-corrected chi connectivity index (χ1v) is 6.23. The summed E-state index contributed by atoms with van der Waals surface area (Å²) in [4.78, 5) is 32.7. The topological polar surface area (TPSA) is 98.5 Å². The van der Waals surface area contributed by atoms with Crippen LogP contribution in [0.2, 0.25) is 15.1 Å². The molecule has 0 saturated carbocycles. The lowest BCUT2D eigenvalue weighted by molar-refractivity contribution is -0.383. The molecule has 0 saturated heterocycles. The Kier molecular flexibility index (Phi) is 5.55. The average molecular weight is 342 g/mol. The molecule has 1 amide bonds. The molecule has 7 nitrogen and oxygen atoms in total. The lowest BCUT2D eigenvalue weighted by atomic mass is 10.2. The number of hydrogen-bond acceptors (Lipinski definition) is 5. The first kappa shape index (κ1) is 16.5. The van der Waals surface area contributed by atoms with Gasteiger partial charge in [-0.3, -0.25) is 14.9 Å². The molecule has 0 aliphatic carbocycles. The van der Waals surface area contributed by atoms with E-state index in [1.807, 2.05) is 5.32 Å². The van der Waals surface area contributed by atoms with Gasteiger partial charge in [0.2, 0.25) is 0 Å². The summed E-state index contributed by atoms with van der Waals surface area (Å²) in [5, 5.41) is 12.2. The molecular weight excluding hydrogens is 334 g/mol. The predicted molar refractivity (Wildman–Crippen MR) is 73.4 cm³/mol. The maximum absolute atomic E-state index is 11.5. The van der Waals surface area contributed by atoms with Gasteiger partial charge in [-0.2, -0.15) is 0 Å². The molecule has 1 aromatic carbocycles. The Morgan fingerprint density at radius 2 is 1.95 bits per heavy atom. The van der Waals surface area contributed by atoms with Gasteiger partial charge in [-0.15, -0.1) is 0 Å². The Morgan fingerprint density at radius 1 is 1.35 bits per heavy atom. The maximum Gasteiger partial charge on any atom is 0.397 e. The number of amides is 1. The van der Waals surface area contributed by atoms with E-state index in [0.717, 1.165) is 6.07 Å². The fraction of sp³-hybridized carbons (Fsp3) is 0.200. The van der Waals surface area contributed by atoms with Gasteiger partial charge in [-0.25, -0.2) is 4.79 Å². The highest BCUT2D eigenvalue weighted by atomic mass is 35.5. The SMILES string of the molecule is CCOC(=O)C(=O)Nc1cc(Cl)c(Cl)c(Cl)c1[N+](=O)[O-]. The van der Waals surface area contributed by atoms with Gasteiger partial charge >= 0.3 is 17.6 Å². The highest BCUT2D eigenvalue weighted by Gasteiger charge is 2.27. The average Bonchev–Trinajstić information content (AvgIpc) is 2.35. The molecule has 0 spiro atoms. The maximum atomic E-state index is 11.5. The van der Waals surface area contributed by atoms with E-state index in [-0.39, 0.29) is 22.3 Å². The zero-order valence-electron chi connectivity index (χ0n) is 9.91. The second-order valence-corrected chi connectivity index (χ2v) is 4.48. The smallest absolute Gasteiger partial charge is 0.397 e. The van der Waals surface area contributed by atoms with Crippen LogP contribution in [0.15, 0.2) is 6.07 Å². The standard InChI is InChI=1S/C10H7Cl3N2O5/c1-2-20-10(17)9(16)14-5-3-4(11)6(12)7(13)8(5)15(18)19/h3H,2H2,1H3,(H,14,16). The number of benzene rings is 1. The Labute approximate surface area is 127 Å². The first-order valence-electron chi connectivity index (χ1n) is 5.09. The summed E-state index contributed by atoms with van der Waals surface area (Å²) < 4.78 is 4.45. The molecule has 0 aliphatic rings. The van der Waals surface area contributed by atoms with E-state index in [4.69, 9.17) is 34.8 Å². The first-order chi connectivity index (χ1) is 9.29. The van der Waals surface area contributed by atoms with Gasteiger partial charge in [0, 0.05) is 0 Å². The third kappa shape index (κ3) is 3.50. The van der Waals surface area contributed by atoms with E-state index in [1.165, 1.54) is 6.92 Å². The molecule has 0 aromatic heterocycles. The van der Waals surface area contributed by atoms with E-state index < -0.39 is 27.5 Å². The summed E-state index contributed by atoms with van der Waals surface area (Å²) in [7, 11) is 0. The van der Waals surface area contributed by atoms with Gasteiger partial charge in [0.1, 0.15) is 10.7 Å². The van der Waals surface area contributed by atoms with Crippen molar-refractivity contribution in [2.45, 2.75) is 6.92 Å². The number of nitro groups is 1. The fourth-order valence-corrected chi connectivity index (χ4v) is 1.90. The van der Waals surface area contributed by atoms with Crippen molar-refractivity contribution >= 4 is 58.1 Å². The highest BCUT2D eigenvalue weighted by Crippen LogP contribution is 2.42. The van der Waals surface area contributed by atoms with Crippen LogP contribution in [0.1, 0.15) is 6.92 Å². The van der Waals surface area contributed by atoms with Crippen molar-refractivity contribution in [3.63, 3.8) is 0 Å². The van der Waals surface area contributed by atoms with Crippen LogP contribution in [-0.2, 0) is 14.3 Å².